The molecule has 0 aliphatic heterocycles. The Morgan fingerprint density at radius 2 is 2.04 bits per heavy atom. The zero-order valence-electron chi connectivity index (χ0n) is 16.3. The second-order valence-electron chi connectivity index (χ2n) is 6.47. The zero-order valence-corrected chi connectivity index (χ0v) is 17.1. The maximum atomic E-state index is 12.6. The van der Waals surface area contributed by atoms with E-state index in [1.54, 1.807) is 11.8 Å². The second-order valence-corrected chi connectivity index (χ2v) is 7.45. The van der Waals surface area contributed by atoms with E-state index in [1.807, 2.05) is 60.0 Å². The highest BCUT2D eigenvalue weighted by atomic mass is 32.2. The summed E-state index contributed by atoms with van der Waals surface area (Å²) in [5.74, 6) is 2.59. The third kappa shape index (κ3) is 5.25. The van der Waals surface area contributed by atoms with Gasteiger partial charge in [-0.3, -0.25) is 9.20 Å². The van der Waals surface area contributed by atoms with E-state index in [0.29, 0.717) is 19.4 Å². The SMILES string of the molecule is CCOc1ccc(CCC(=O)NC(CCSC)c2nnc3ccccn23)cc1. The van der Waals surface area contributed by atoms with Crippen molar-refractivity contribution >= 4 is 23.3 Å². The van der Waals surface area contributed by atoms with Gasteiger partial charge in [-0.1, -0.05) is 18.2 Å². The first-order chi connectivity index (χ1) is 13.7. The van der Waals surface area contributed by atoms with Crippen LogP contribution in [0.15, 0.2) is 48.7 Å². The van der Waals surface area contributed by atoms with Crippen LogP contribution in [0.1, 0.15) is 37.2 Å². The molecule has 0 saturated carbocycles. The number of rotatable bonds is 10. The maximum Gasteiger partial charge on any atom is 0.220 e. The molecule has 28 heavy (non-hydrogen) atoms. The van der Waals surface area contributed by atoms with Crippen molar-refractivity contribution in [3.8, 4) is 5.75 Å². The zero-order chi connectivity index (χ0) is 19.8. The van der Waals surface area contributed by atoms with E-state index < -0.39 is 0 Å². The molecular weight excluding hydrogens is 372 g/mol. The summed E-state index contributed by atoms with van der Waals surface area (Å²) in [6, 6.07) is 13.5. The number of amides is 1. The highest BCUT2D eigenvalue weighted by molar-refractivity contribution is 7.98. The first kappa shape index (κ1) is 20.2. The molecule has 6 nitrogen and oxygen atoms in total. The van der Waals surface area contributed by atoms with E-state index in [1.165, 1.54) is 0 Å². The van der Waals surface area contributed by atoms with Gasteiger partial charge in [0.05, 0.1) is 12.6 Å². The summed E-state index contributed by atoms with van der Waals surface area (Å²) >= 11 is 1.75. The average Bonchev–Trinajstić information content (AvgIpc) is 3.15. The van der Waals surface area contributed by atoms with Gasteiger partial charge in [-0.25, -0.2) is 0 Å². The molecule has 2 aromatic heterocycles. The third-order valence-corrected chi connectivity index (χ3v) is 5.12. The summed E-state index contributed by atoms with van der Waals surface area (Å²) in [5.41, 5.74) is 1.91. The predicted molar refractivity (Wildman–Crippen MR) is 113 cm³/mol. The minimum absolute atomic E-state index is 0.0210. The Balaban J connectivity index is 1.63. The van der Waals surface area contributed by atoms with Gasteiger partial charge < -0.3 is 10.1 Å². The summed E-state index contributed by atoms with van der Waals surface area (Å²) in [4.78, 5) is 12.6. The van der Waals surface area contributed by atoms with E-state index in [2.05, 4.69) is 21.8 Å². The molecule has 1 atom stereocenters. The number of pyridine rings is 1. The van der Waals surface area contributed by atoms with Crippen molar-refractivity contribution in [1.82, 2.24) is 19.9 Å². The molecule has 1 aromatic carbocycles. The number of fused-ring (bicyclic) bond motifs is 1. The largest absolute Gasteiger partial charge is 0.494 e. The lowest BCUT2D eigenvalue weighted by Gasteiger charge is -2.17. The van der Waals surface area contributed by atoms with Crippen LogP contribution < -0.4 is 10.1 Å². The van der Waals surface area contributed by atoms with Crippen molar-refractivity contribution in [3.05, 3.63) is 60.0 Å². The lowest BCUT2D eigenvalue weighted by atomic mass is 10.1. The van der Waals surface area contributed by atoms with Crippen LogP contribution in [0.4, 0.5) is 0 Å². The van der Waals surface area contributed by atoms with Crippen molar-refractivity contribution in [2.45, 2.75) is 32.2 Å². The molecule has 0 fully saturated rings. The molecule has 3 rings (SSSR count). The first-order valence-electron chi connectivity index (χ1n) is 9.51. The molecule has 0 saturated heterocycles. The summed E-state index contributed by atoms with van der Waals surface area (Å²) in [7, 11) is 0. The van der Waals surface area contributed by atoms with Gasteiger partial charge in [0.25, 0.3) is 0 Å². The maximum absolute atomic E-state index is 12.6. The summed E-state index contributed by atoms with van der Waals surface area (Å²) in [6.45, 7) is 2.61. The Hall–Kier alpha value is -2.54. The van der Waals surface area contributed by atoms with Crippen molar-refractivity contribution < 1.29 is 9.53 Å². The fourth-order valence-electron chi connectivity index (χ4n) is 3.04. The number of aryl methyl sites for hydroxylation is 1. The van der Waals surface area contributed by atoms with Crippen LogP contribution in [0.25, 0.3) is 5.65 Å². The number of carbonyl (C=O) groups is 1. The number of hydrogen-bond acceptors (Lipinski definition) is 5. The molecule has 1 N–H and O–H groups in total. The molecular formula is C21H26N4O2S. The fourth-order valence-corrected chi connectivity index (χ4v) is 3.51. The minimum atomic E-state index is -0.155. The predicted octanol–water partition coefficient (Wildman–Crippen LogP) is 3.67. The van der Waals surface area contributed by atoms with Crippen LogP contribution >= 0.6 is 11.8 Å². The van der Waals surface area contributed by atoms with E-state index in [4.69, 9.17) is 4.74 Å². The molecule has 1 amide bonds. The molecule has 148 valence electrons. The number of aromatic nitrogens is 3. The highest BCUT2D eigenvalue weighted by Crippen LogP contribution is 2.19. The molecule has 0 radical (unpaired) electrons. The third-order valence-electron chi connectivity index (χ3n) is 4.47. The number of hydrogen-bond donors (Lipinski definition) is 1. The van der Waals surface area contributed by atoms with Crippen LogP contribution in [0.3, 0.4) is 0 Å². The standard InChI is InChI=1S/C21H26N4O2S/c1-3-27-17-10-7-16(8-11-17)9-12-20(26)22-18(13-15-28-2)21-24-23-19-6-4-5-14-25(19)21/h4-8,10-11,14,18H,3,9,12-13,15H2,1-2H3,(H,22,26). The van der Waals surface area contributed by atoms with Crippen molar-refractivity contribution in [2.75, 3.05) is 18.6 Å². The van der Waals surface area contributed by atoms with E-state index in [0.717, 1.165) is 35.0 Å². The number of nitrogens with zero attached hydrogens (tertiary/aromatic N) is 3. The summed E-state index contributed by atoms with van der Waals surface area (Å²) < 4.78 is 7.40. The van der Waals surface area contributed by atoms with E-state index >= 15 is 0 Å². The van der Waals surface area contributed by atoms with Crippen LogP contribution in [0.2, 0.25) is 0 Å². The van der Waals surface area contributed by atoms with Gasteiger partial charge in [0, 0.05) is 12.6 Å². The Labute approximate surface area is 169 Å². The molecule has 2 heterocycles. The lowest BCUT2D eigenvalue weighted by molar-refractivity contribution is -0.121. The average molecular weight is 399 g/mol. The quantitative estimate of drug-likeness (QED) is 0.564. The number of benzene rings is 1. The Bertz CT molecular complexity index is 895. The monoisotopic (exact) mass is 398 g/mol. The summed E-state index contributed by atoms with van der Waals surface area (Å²) in [6.07, 6.45) is 5.93. The van der Waals surface area contributed by atoms with Gasteiger partial charge in [0.15, 0.2) is 11.5 Å². The normalized spacial score (nSPS) is 12.1. The van der Waals surface area contributed by atoms with Crippen LogP contribution in [0.5, 0.6) is 5.75 Å². The molecule has 0 bridgehead atoms. The molecule has 7 heteroatoms. The first-order valence-corrected chi connectivity index (χ1v) is 10.9. The summed E-state index contributed by atoms with van der Waals surface area (Å²) in [5, 5.41) is 11.7. The fraction of sp³-hybridized carbons (Fsp3) is 0.381. The van der Waals surface area contributed by atoms with Crippen LogP contribution in [0, 0.1) is 0 Å². The molecule has 1 unspecified atom stereocenters. The molecule has 0 aliphatic carbocycles. The van der Waals surface area contributed by atoms with Crippen LogP contribution in [-0.4, -0.2) is 39.1 Å². The van der Waals surface area contributed by atoms with Crippen molar-refractivity contribution in [3.63, 3.8) is 0 Å². The van der Waals surface area contributed by atoms with Gasteiger partial charge in [0.2, 0.25) is 5.91 Å². The van der Waals surface area contributed by atoms with E-state index in [-0.39, 0.29) is 11.9 Å². The van der Waals surface area contributed by atoms with Gasteiger partial charge in [0.1, 0.15) is 5.75 Å². The van der Waals surface area contributed by atoms with Gasteiger partial charge in [-0.2, -0.15) is 11.8 Å². The number of carbonyl (C=O) groups excluding carboxylic acids is 1. The minimum Gasteiger partial charge on any atom is -0.494 e. The number of nitrogens with one attached hydrogen (secondary N) is 1. The van der Waals surface area contributed by atoms with Crippen LogP contribution in [-0.2, 0) is 11.2 Å². The second kappa shape index (κ2) is 10.1. The smallest absolute Gasteiger partial charge is 0.220 e. The molecule has 3 aromatic rings. The lowest BCUT2D eigenvalue weighted by Crippen LogP contribution is -2.30. The van der Waals surface area contributed by atoms with Crippen molar-refractivity contribution in [1.29, 1.82) is 0 Å². The molecule has 0 spiro atoms. The van der Waals surface area contributed by atoms with Gasteiger partial charge in [-0.15, -0.1) is 10.2 Å². The van der Waals surface area contributed by atoms with Crippen molar-refractivity contribution in [2.24, 2.45) is 0 Å². The van der Waals surface area contributed by atoms with E-state index in [9.17, 15) is 4.79 Å². The Morgan fingerprint density at radius 3 is 2.79 bits per heavy atom. The topological polar surface area (TPSA) is 68.5 Å². The number of ether oxygens (including phenoxy) is 1. The Kier molecular flexibility index (Phi) is 7.31. The number of thioether (sulfide) groups is 1. The highest BCUT2D eigenvalue weighted by Gasteiger charge is 2.20. The Morgan fingerprint density at radius 1 is 1.21 bits per heavy atom. The molecule has 0 aliphatic rings. The van der Waals surface area contributed by atoms with Gasteiger partial charge in [-0.05, 0) is 61.6 Å². The van der Waals surface area contributed by atoms with Gasteiger partial charge >= 0.3 is 0 Å².